The fourth-order valence-corrected chi connectivity index (χ4v) is 2.02. The molecule has 2 aromatic heterocycles. The molecule has 0 aliphatic carbocycles. The third kappa shape index (κ3) is 2.00. The summed E-state index contributed by atoms with van der Waals surface area (Å²) in [5, 5.41) is 4.31. The van der Waals surface area contributed by atoms with E-state index in [0.717, 1.165) is 35.1 Å². The van der Waals surface area contributed by atoms with E-state index in [2.05, 4.69) is 10.00 Å². The van der Waals surface area contributed by atoms with E-state index in [-0.39, 0.29) is 0 Å². The van der Waals surface area contributed by atoms with Crippen LogP contribution < -0.4 is 10.6 Å². The van der Waals surface area contributed by atoms with Crippen molar-refractivity contribution in [3.8, 4) is 0 Å². The van der Waals surface area contributed by atoms with Gasteiger partial charge in [-0.15, -0.1) is 0 Å². The number of hydrogen-bond acceptors (Lipinski definition) is 4. The number of furan rings is 1. The molecule has 17 heavy (non-hydrogen) atoms. The van der Waals surface area contributed by atoms with Crippen molar-refractivity contribution >= 4 is 11.5 Å². The number of aromatic nitrogens is 2. The average molecular weight is 234 g/mol. The van der Waals surface area contributed by atoms with Gasteiger partial charge in [0.2, 0.25) is 0 Å². The predicted molar refractivity (Wildman–Crippen MR) is 67.9 cm³/mol. The second kappa shape index (κ2) is 4.16. The van der Waals surface area contributed by atoms with E-state index in [1.165, 1.54) is 0 Å². The quantitative estimate of drug-likeness (QED) is 0.880. The van der Waals surface area contributed by atoms with Gasteiger partial charge in [-0.3, -0.25) is 4.68 Å². The van der Waals surface area contributed by atoms with Crippen molar-refractivity contribution in [2.24, 2.45) is 7.05 Å². The summed E-state index contributed by atoms with van der Waals surface area (Å²) in [5.41, 5.74) is 8.77. The molecule has 2 N–H and O–H groups in total. The van der Waals surface area contributed by atoms with Gasteiger partial charge in [0.05, 0.1) is 17.6 Å². The highest BCUT2D eigenvalue weighted by Crippen LogP contribution is 2.26. The maximum absolute atomic E-state index is 6.02. The van der Waals surface area contributed by atoms with Crippen LogP contribution in [0.25, 0.3) is 0 Å². The van der Waals surface area contributed by atoms with Crippen LogP contribution in [0.5, 0.6) is 0 Å². The van der Waals surface area contributed by atoms with Crippen molar-refractivity contribution < 1.29 is 4.42 Å². The van der Waals surface area contributed by atoms with Crippen LogP contribution in [0.2, 0.25) is 0 Å². The van der Waals surface area contributed by atoms with Gasteiger partial charge in [0, 0.05) is 26.2 Å². The number of nitrogens with two attached hydrogens (primary N) is 1. The van der Waals surface area contributed by atoms with Gasteiger partial charge in [0.25, 0.3) is 0 Å². The van der Waals surface area contributed by atoms with E-state index >= 15 is 0 Å². The smallest absolute Gasteiger partial charge is 0.150 e. The lowest BCUT2D eigenvalue weighted by Crippen LogP contribution is -2.20. The summed E-state index contributed by atoms with van der Waals surface area (Å²) in [7, 11) is 3.90. The highest BCUT2D eigenvalue weighted by Gasteiger charge is 2.15. The lowest BCUT2D eigenvalue weighted by atomic mass is 10.2. The van der Waals surface area contributed by atoms with Crippen molar-refractivity contribution in [3.63, 3.8) is 0 Å². The maximum atomic E-state index is 6.02. The number of nitrogens with zero attached hydrogens (tertiary/aromatic N) is 3. The van der Waals surface area contributed by atoms with Crippen LogP contribution in [0, 0.1) is 13.8 Å². The Balaban J connectivity index is 2.26. The highest BCUT2D eigenvalue weighted by atomic mass is 16.3. The second-order valence-corrected chi connectivity index (χ2v) is 4.30. The van der Waals surface area contributed by atoms with Gasteiger partial charge in [-0.25, -0.2) is 0 Å². The minimum atomic E-state index is 0.733. The molecule has 5 nitrogen and oxygen atoms in total. The molecule has 2 rings (SSSR count). The Labute approximate surface area is 101 Å². The second-order valence-electron chi connectivity index (χ2n) is 4.30. The third-order valence-corrected chi connectivity index (χ3v) is 2.97. The molecule has 5 heteroatoms. The lowest BCUT2D eigenvalue weighted by molar-refractivity contribution is 0.529. The molecule has 0 saturated heterocycles. The number of nitrogen functional groups attached to an aromatic ring is 1. The molecular formula is C12H18N4O. The van der Waals surface area contributed by atoms with Gasteiger partial charge in [-0.2, -0.15) is 5.10 Å². The molecule has 0 atom stereocenters. The molecule has 0 spiro atoms. The summed E-state index contributed by atoms with van der Waals surface area (Å²) < 4.78 is 7.09. The van der Waals surface area contributed by atoms with Gasteiger partial charge < -0.3 is 15.1 Å². The Morgan fingerprint density at radius 3 is 2.65 bits per heavy atom. The average Bonchev–Trinajstić information content (AvgIpc) is 2.74. The van der Waals surface area contributed by atoms with Crippen molar-refractivity contribution in [3.05, 3.63) is 29.3 Å². The Hall–Kier alpha value is -1.91. The molecule has 2 heterocycles. The van der Waals surface area contributed by atoms with E-state index in [0.29, 0.717) is 0 Å². The van der Waals surface area contributed by atoms with Crippen LogP contribution in [-0.2, 0) is 13.6 Å². The van der Waals surface area contributed by atoms with Crippen molar-refractivity contribution in [2.75, 3.05) is 17.7 Å². The van der Waals surface area contributed by atoms with Crippen LogP contribution in [0.15, 0.2) is 16.7 Å². The molecule has 0 aromatic carbocycles. The zero-order valence-corrected chi connectivity index (χ0v) is 10.7. The van der Waals surface area contributed by atoms with Crippen LogP contribution in [0.1, 0.15) is 17.0 Å². The minimum absolute atomic E-state index is 0.733. The summed E-state index contributed by atoms with van der Waals surface area (Å²) in [6, 6.07) is 1.98. The first-order valence-corrected chi connectivity index (χ1v) is 5.54. The van der Waals surface area contributed by atoms with Crippen LogP contribution >= 0.6 is 0 Å². The SMILES string of the molecule is Cc1nn(C)c(N(C)Cc2ccoc2C)c1N. The normalized spacial score (nSPS) is 10.8. The predicted octanol–water partition coefficient (Wildman–Crippen LogP) is 1.85. The first kappa shape index (κ1) is 11.6. The number of anilines is 2. The molecule has 0 amide bonds. The molecule has 0 aliphatic rings. The highest BCUT2D eigenvalue weighted by molar-refractivity contribution is 5.65. The molecule has 0 fully saturated rings. The summed E-state index contributed by atoms with van der Waals surface area (Å²) in [6.07, 6.45) is 1.70. The van der Waals surface area contributed by atoms with Gasteiger partial charge in [0.15, 0.2) is 0 Å². The number of aryl methyl sites for hydroxylation is 3. The number of rotatable bonds is 3. The zero-order chi connectivity index (χ0) is 12.6. The van der Waals surface area contributed by atoms with E-state index in [1.54, 1.807) is 10.9 Å². The van der Waals surface area contributed by atoms with Gasteiger partial charge in [0.1, 0.15) is 11.6 Å². The van der Waals surface area contributed by atoms with Crippen LogP contribution in [-0.4, -0.2) is 16.8 Å². The third-order valence-electron chi connectivity index (χ3n) is 2.97. The largest absolute Gasteiger partial charge is 0.469 e. The minimum Gasteiger partial charge on any atom is -0.469 e. The topological polar surface area (TPSA) is 60.2 Å². The Kier molecular flexibility index (Phi) is 2.83. The molecule has 0 bridgehead atoms. The van der Waals surface area contributed by atoms with Crippen molar-refractivity contribution in [1.82, 2.24) is 9.78 Å². The summed E-state index contributed by atoms with van der Waals surface area (Å²) in [4.78, 5) is 2.08. The van der Waals surface area contributed by atoms with Crippen LogP contribution in [0.4, 0.5) is 11.5 Å². The fraction of sp³-hybridized carbons (Fsp3) is 0.417. The molecular weight excluding hydrogens is 216 g/mol. The van der Waals surface area contributed by atoms with Gasteiger partial charge in [-0.1, -0.05) is 0 Å². The molecule has 0 saturated carbocycles. The van der Waals surface area contributed by atoms with Crippen molar-refractivity contribution in [1.29, 1.82) is 0 Å². The van der Waals surface area contributed by atoms with Crippen LogP contribution in [0.3, 0.4) is 0 Å². The molecule has 92 valence electrons. The summed E-state index contributed by atoms with van der Waals surface area (Å²) in [6.45, 7) is 4.63. The zero-order valence-electron chi connectivity index (χ0n) is 10.7. The summed E-state index contributed by atoms with van der Waals surface area (Å²) >= 11 is 0. The fourth-order valence-electron chi connectivity index (χ4n) is 2.02. The van der Waals surface area contributed by atoms with E-state index in [9.17, 15) is 0 Å². The molecule has 0 radical (unpaired) electrons. The molecule has 2 aromatic rings. The lowest BCUT2D eigenvalue weighted by Gasteiger charge is -2.19. The Morgan fingerprint density at radius 2 is 2.18 bits per heavy atom. The monoisotopic (exact) mass is 234 g/mol. The van der Waals surface area contributed by atoms with E-state index in [4.69, 9.17) is 10.2 Å². The van der Waals surface area contributed by atoms with Gasteiger partial charge in [-0.05, 0) is 19.9 Å². The maximum Gasteiger partial charge on any atom is 0.150 e. The van der Waals surface area contributed by atoms with E-state index in [1.807, 2.05) is 34.0 Å². The first-order chi connectivity index (χ1) is 8.00. The number of hydrogen-bond donors (Lipinski definition) is 1. The molecule has 0 aliphatic heterocycles. The standard InChI is InChI=1S/C12H18N4O/c1-8-11(13)12(16(4)14-8)15(3)7-10-5-6-17-9(10)2/h5-6H,7,13H2,1-4H3. The molecule has 0 unspecified atom stereocenters. The Morgan fingerprint density at radius 1 is 1.47 bits per heavy atom. The summed E-state index contributed by atoms with van der Waals surface area (Å²) in [5.74, 6) is 1.87. The Bertz CT molecular complexity index is 527. The first-order valence-electron chi connectivity index (χ1n) is 5.54. The van der Waals surface area contributed by atoms with E-state index < -0.39 is 0 Å². The van der Waals surface area contributed by atoms with Crippen molar-refractivity contribution in [2.45, 2.75) is 20.4 Å². The van der Waals surface area contributed by atoms with Gasteiger partial charge >= 0.3 is 0 Å².